The zero-order chi connectivity index (χ0) is 11.0. The molecule has 0 atom stereocenters. The highest BCUT2D eigenvalue weighted by Crippen LogP contribution is 2.40. The first kappa shape index (κ1) is 9.97. The summed E-state index contributed by atoms with van der Waals surface area (Å²) in [6.07, 6.45) is 3.09. The molecule has 0 saturated carbocycles. The molecule has 0 fully saturated rings. The smallest absolute Gasteiger partial charge is 0.126 e. The normalized spacial score (nSPS) is 16.6. The van der Waals surface area contributed by atoms with E-state index in [0.717, 1.165) is 50.5 Å². The molecule has 2 aliphatic heterocycles. The lowest BCUT2D eigenvalue weighted by Crippen LogP contribution is -2.12. The predicted octanol–water partition coefficient (Wildman–Crippen LogP) is 1.32. The molecule has 2 heterocycles. The maximum absolute atomic E-state index is 5.77. The molecule has 1 aromatic rings. The lowest BCUT2D eigenvalue weighted by molar-refractivity contribution is 0.353. The number of likely N-dealkylation sites (N-methyl/N-ethyl adjacent to an activating group) is 1. The maximum atomic E-state index is 5.77. The van der Waals surface area contributed by atoms with Crippen molar-refractivity contribution >= 4 is 0 Å². The van der Waals surface area contributed by atoms with E-state index in [-0.39, 0.29) is 0 Å². The van der Waals surface area contributed by atoms with E-state index in [9.17, 15) is 0 Å². The van der Waals surface area contributed by atoms with Crippen LogP contribution in [-0.4, -0.2) is 26.8 Å². The van der Waals surface area contributed by atoms with E-state index in [0.29, 0.717) is 0 Å². The highest BCUT2D eigenvalue weighted by Gasteiger charge is 2.25. The summed E-state index contributed by atoms with van der Waals surface area (Å²) in [5.74, 6) is 2.23. The van der Waals surface area contributed by atoms with Crippen LogP contribution < -0.4 is 14.8 Å². The molecule has 0 amide bonds. The maximum Gasteiger partial charge on any atom is 0.126 e. The summed E-state index contributed by atoms with van der Waals surface area (Å²) in [5, 5.41) is 3.20. The van der Waals surface area contributed by atoms with E-state index in [1.807, 2.05) is 7.05 Å². The van der Waals surface area contributed by atoms with E-state index in [4.69, 9.17) is 9.47 Å². The van der Waals surface area contributed by atoms with Crippen molar-refractivity contribution in [2.75, 3.05) is 26.8 Å². The molecular weight excluding hydrogens is 202 g/mol. The largest absolute Gasteiger partial charge is 0.493 e. The van der Waals surface area contributed by atoms with Crippen LogP contribution in [0.5, 0.6) is 11.5 Å². The topological polar surface area (TPSA) is 30.5 Å². The van der Waals surface area contributed by atoms with Gasteiger partial charge in [-0.05, 0) is 26.1 Å². The zero-order valence-corrected chi connectivity index (χ0v) is 9.64. The van der Waals surface area contributed by atoms with E-state index in [1.54, 1.807) is 0 Å². The zero-order valence-electron chi connectivity index (χ0n) is 9.64. The van der Waals surface area contributed by atoms with Crippen molar-refractivity contribution < 1.29 is 9.47 Å². The van der Waals surface area contributed by atoms with Gasteiger partial charge < -0.3 is 14.8 Å². The van der Waals surface area contributed by atoms with Crippen molar-refractivity contribution in [3.8, 4) is 11.5 Å². The van der Waals surface area contributed by atoms with E-state index in [1.165, 1.54) is 16.7 Å². The molecule has 0 spiro atoms. The monoisotopic (exact) mass is 219 g/mol. The number of fused-ring (bicyclic) bond motifs is 2. The van der Waals surface area contributed by atoms with Crippen LogP contribution in [-0.2, 0) is 19.3 Å². The summed E-state index contributed by atoms with van der Waals surface area (Å²) >= 11 is 0. The fraction of sp³-hybridized carbons (Fsp3) is 0.538. The summed E-state index contributed by atoms with van der Waals surface area (Å²) in [4.78, 5) is 0. The van der Waals surface area contributed by atoms with E-state index >= 15 is 0 Å². The van der Waals surface area contributed by atoms with Crippen LogP contribution in [0, 0.1) is 0 Å². The molecule has 3 rings (SSSR count). The van der Waals surface area contributed by atoms with Crippen LogP contribution >= 0.6 is 0 Å². The molecule has 3 nitrogen and oxygen atoms in total. The minimum absolute atomic E-state index is 0.824. The lowest BCUT2D eigenvalue weighted by atomic mass is 9.97. The minimum Gasteiger partial charge on any atom is -0.493 e. The molecule has 0 unspecified atom stereocenters. The SMILES string of the molecule is CNCCc1c2c(cc3c1OCC3)OCC2. The molecule has 1 N–H and O–H groups in total. The molecule has 0 saturated heterocycles. The van der Waals surface area contributed by atoms with Gasteiger partial charge >= 0.3 is 0 Å². The number of nitrogens with one attached hydrogen (secondary N) is 1. The second kappa shape index (κ2) is 3.98. The van der Waals surface area contributed by atoms with Crippen LogP contribution in [0.15, 0.2) is 6.07 Å². The first-order chi connectivity index (χ1) is 7.90. The van der Waals surface area contributed by atoms with Gasteiger partial charge in [0.15, 0.2) is 0 Å². The summed E-state index contributed by atoms with van der Waals surface area (Å²) < 4.78 is 11.4. The van der Waals surface area contributed by atoms with Gasteiger partial charge in [-0.15, -0.1) is 0 Å². The molecule has 0 radical (unpaired) electrons. The van der Waals surface area contributed by atoms with Gasteiger partial charge in [-0.2, -0.15) is 0 Å². The Morgan fingerprint density at radius 2 is 2.12 bits per heavy atom. The van der Waals surface area contributed by atoms with Crippen molar-refractivity contribution in [1.29, 1.82) is 0 Å². The van der Waals surface area contributed by atoms with Crippen LogP contribution in [0.25, 0.3) is 0 Å². The summed E-state index contributed by atoms with van der Waals surface area (Å²) in [6.45, 7) is 2.64. The number of ether oxygens (including phenoxy) is 2. The molecule has 0 bridgehead atoms. The van der Waals surface area contributed by atoms with Crippen LogP contribution in [0.4, 0.5) is 0 Å². The number of rotatable bonds is 3. The van der Waals surface area contributed by atoms with Crippen molar-refractivity contribution in [2.45, 2.75) is 19.3 Å². The predicted molar refractivity (Wildman–Crippen MR) is 62.5 cm³/mol. The van der Waals surface area contributed by atoms with Gasteiger partial charge in [0.2, 0.25) is 0 Å². The Morgan fingerprint density at radius 1 is 1.25 bits per heavy atom. The second-order valence-electron chi connectivity index (χ2n) is 4.37. The fourth-order valence-corrected chi connectivity index (χ4v) is 2.60. The standard InChI is InChI=1S/C13H17NO2/c1-14-5-2-11-10-4-7-15-12(10)8-9-3-6-16-13(9)11/h8,14H,2-7H2,1H3. The average molecular weight is 219 g/mol. The van der Waals surface area contributed by atoms with Crippen LogP contribution in [0.1, 0.15) is 16.7 Å². The first-order valence-electron chi connectivity index (χ1n) is 5.98. The second-order valence-corrected chi connectivity index (χ2v) is 4.37. The summed E-state index contributed by atoms with van der Waals surface area (Å²) in [5.41, 5.74) is 4.07. The molecule has 16 heavy (non-hydrogen) atoms. The van der Waals surface area contributed by atoms with E-state index < -0.39 is 0 Å². The molecule has 2 aliphatic rings. The highest BCUT2D eigenvalue weighted by atomic mass is 16.5. The first-order valence-corrected chi connectivity index (χ1v) is 5.98. The Bertz CT molecular complexity index is 383. The van der Waals surface area contributed by atoms with Crippen LogP contribution in [0.3, 0.4) is 0 Å². The molecular formula is C13H17NO2. The lowest BCUT2D eigenvalue weighted by Gasteiger charge is -2.12. The Kier molecular flexibility index (Phi) is 2.48. The third kappa shape index (κ3) is 1.47. The quantitative estimate of drug-likeness (QED) is 0.831. The summed E-state index contributed by atoms with van der Waals surface area (Å²) in [7, 11) is 1.99. The van der Waals surface area contributed by atoms with E-state index in [2.05, 4.69) is 11.4 Å². The Labute approximate surface area is 95.8 Å². The molecule has 86 valence electrons. The number of benzene rings is 1. The molecule has 3 heteroatoms. The molecule has 1 aromatic carbocycles. The molecule has 0 aliphatic carbocycles. The third-order valence-electron chi connectivity index (χ3n) is 3.39. The third-order valence-corrected chi connectivity index (χ3v) is 3.39. The highest BCUT2D eigenvalue weighted by molar-refractivity contribution is 5.56. The fourth-order valence-electron chi connectivity index (χ4n) is 2.60. The summed E-state index contributed by atoms with van der Waals surface area (Å²) in [6, 6.07) is 2.17. The van der Waals surface area contributed by atoms with Gasteiger partial charge in [0.05, 0.1) is 13.2 Å². The van der Waals surface area contributed by atoms with Gasteiger partial charge in [-0.1, -0.05) is 0 Å². The number of hydrogen-bond donors (Lipinski definition) is 1. The van der Waals surface area contributed by atoms with Gasteiger partial charge in [0, 0.05) is 29.5 Å². The number of hydrogen-bond acceptors (Lipinski definition) is 3. The van der Waals surface area contributed by atoms with Crippen LogP contribution in [0.2, 0.25) is 0 Å². The Balaban J connectivity index is 2.05. The Hall–Kier alpha value is -1.22. The van der Waals surface area contributed by atoms with Gasteiger partial charge in [-0.3, -0.25) is 0 Å². The Morgan fingerprint density at radius 3 is 3.00 bits per heavy atom. The van der Waals surface area contributed by atoms with Crippen molar-refractivity contribution in [3.05, 3.63) is 22.8 Å². The minimum atomic E-state index is 0.824. The van der Waals surface area contributed by atoms with Crippen molar-refractivity contribution in [1.82, 2.24) is 5.32 Å². The van der Waals surface area contributed by atoms with Gasteiger partial charge in [0.1, 0.15) is 11.5 Å². The van der Waals surface area contributed by atoms with Crippen molar-refractivity contribution in [2.24, 2.45) is 0 Å². The van der Waals surface area contributed by atoms with Gasteiger partial charge in [0.25, 0.3) is 0 Å². The molecule has 0 aromatic heterocycles. The van der Waals surface area contributed by atoms with Gasteiger partial charge in [-0.25, -0.2) is 0 Å². The van der Waals surface area contributed by atoms with Crippen molar-refractivity contribution in [3.63, 3.8) is 0 Å². The average Bonchev–Trinajstić information content (AvgIpc) is 2.91.